The van der Waals surface area contributed by atoms with Crippen LogP contribution < -0.4 is 0 Å². The van der Waals surface area contributed by atoms with Gasteiger partial charge in [0.05, 0.1) is 18.9 Å². The van der Waals surface area contributed by atoms with Gasteiger partial charge in [0, 0.05) is 18.9 Å². The number of imidazole rings is 1. The summed E-state index contributed by atoms with van der Waals surface area (Å²) < 4.78 is 28.0. The monoisotopic (exact) mass is 277 g/mol. The second kappa shape index (κ2) is 5.03. The quantitative estimate of drug-likeness (QED) is 0.862. The van der Waals surface area contributed by atoms with E-state index >= 15 is 0 Å². The average molecular weight is 277 g/mol. The van der Waals surface area contributed by atoms with Gasteiger partial charge in [-0.25, -0.2) is 13.8 Å². The van der Waals surface area contributed by atoms with Crippen molar-refractivity contribution in [3.8, 4) is 0 Å². The van der Waals surface area contributed by atoms with Crippen molar-refractivity contribution in [2.45, 2.75) is 19.0 Å². The molecular formula is C14H13F2N3O. The molecule has 0 radical (unpaired) electrons. The molecule has 3 rings (SSSR count). The van der Waals surface area contributed by atoms with Crippen molar-refractivity contribution >= 4 is 5.91 Å². The minimum atomic E-state index is -0.914. The van der Waals surface area contributed by atoms with E-state index in [1.165, 1.54) is 6.07 Å². The van der Waals surface area contributed by atoms with Gasteiger partial charge in [-0.05, 0) is 24.1 Å². The van der Waals surface area contributed by atoms with E-state index in [1.807, 2.05) is 0 Å². The number of carbonyl (C=O) groups is 1. The number of benzene rings is 1. The molecule has 0 N–H and O–H groups in total. The first-order valence-corrected chi connectivity index (χ1v) is 6.34. The highest BCUT2D eigenvalue weighted by Gasteiger charge is 2.33. The molecule has 1 aliphatic heterocycles. The summed E-state index contributed by atoms with van der Waals surface area (Å²) in [5, 5.41) is 0. The Kier molecular flexibility index (Phi) is 3.22. The molecule has 1 fully saturated rings. The number of nitrogens with zero attached hydrogens (tertiary/aromatic N) is 3. The van der Waals surface area contributed by atoms with Gasteiger partial charge in [-0.2, -0.15) is 0 Å². The zero-order chi connectivity index (χ0) is 14.1. The Labute approximate surface area is 114 Å². The van der Waals surface area contributed by atoms with Crippen LogP contribution in [0.3, 0.4) is 0 Å². The normalized spacial score (nSPS) is 18.8. The Morgan fingerprint density at radius 2 is 2.15 bits per heavy atom. The fraction of sp³-hybridized carbons (Fsp3) is 0.286. The molecule has 0 spiro atoms. The third-order valence-electron chi connectivity index (χ3n) is 3.54. The van der Waals surface area contributed by atoms with Crippen LogP contribution in [-0.4, -0.2) is 26.9 Å². The van der Waals surface area contributed by atoms with E-state index in [4.69, 9.17) is 0 Å². The van der Waals surface area contributed by atoms with Crippen molar-refractivity contribution in [2.75, 3.05) is 6.54 Å². The summed E-state index contributed by atoms with van der Waals surface area (Å²) >= 11 is 0. The van der Waals surface area contributed by atoms with Gasteiger partial charge in [0.2, 0.25) is 5.91 Å². The maximum absolute atomic E-state index is 13.2. The van der Waals surface area contributed by atoms with Gasteiger partial charge in [0.1, 0.15) is 0 Å². The second-order valence-corrected chi connectivity index (χ2v) is 4.83. The minimum absolute atomic E-state index is 0.0651. The smallest absolute Gasteiger partial charge is 0.231 e. The number of halogens is 2. The van der Waals surface area contributed by atoms with E-state index in [2.05, 4.69) is 4.98 Å². The van der Waals surface area contributed by atoms with E-state index in [0.29, 0.717) is 25.2 Å². The number of aromatic nitrogens is 2. The lowest BCUT2D eigenvalue weighted by Crippen LogP contribution is -2.28. The van der Waals surface area contributed by atoms with Gasteiger partial charge < -0.3 is 9.47 Å². The fourth-order valence-corrected chi connectivity index (χ4v) is 2.49. The molecule has 1 aromatic heterocycles. The van der Waals surface area contributed by atoms with E-state index < -0.39 is 17.6 Å². The molecule has 0 saturated carbocycles. The summed E-state index contributed by atoms with van der Waals surface area (Å²) in [5.41, 5.74) is 0.530. The molecule has 0 aliphatic carbocycles. The zero-order valence-electron chi connectivity index (χ0n) is 10.7. The van der Waals surface area contributed by atoms with Crippen LogP contribution in [0.2, 0.25) is 0 Å². The Morgan fingerprint density at radius 1 is 1.30 bits per heavy atom. The molecular weight excluding hydrogens is 264 g/mol. The number of hydrogen-bond donors (Lipinski definition) is 0. The lowest BCUT2D eigenvalue weighted by molar-refractivity contribution is -0.130. The molecule has 1 atom stereocenters. The van der Waals surface area contributed by atoms with Crippen molar-refractivity contribution in [1.82, 2.24) is 14.5 Å². The van der Waals surface area contributed by atoms with Gasteiger partial charge in [-0.1, -0.05) is 6.07 Å². The Balaban J connectivity index is 1.76. The van der Waals surface area contributed by atoms with Gasteiger partial charge in [0.15, 0.2) is 11.6 Å². The Morgan fingerprint density at radius 3 is 2.85 bits per heavy atom. The summed E-state index contributed by atoms with van der Waals surface area (Å²) in [7, 11) is 0. The molecule has 104 valence electrons. The van der Waals surface area contributed by atoms with Crippen LogP contribution >= 0.6 is 0 Å². The molecule has 0 bridgehead atoms. The molecule has 6 heteroatoms. The molecule has 20 heavy (non-hydrogen) atoms. The van der Waals surface area contributed by atoms with Crippen LogP contribution in [-0.2, 0) is 11.5 Å². The average Bonchev–Trinajstić information content (AvgIpc) is 3.05. The summed E-state index contributed by atoms with van der Waals surface area (Å²) in [6, 6.07) is 3.65. The van der Waals surface area contributed by atoms with E-state index in [9.17, 15) is 13.6 Å². The van der Waals surface area contributed by atoms with Gasteiger partial charge in [-0.3, -0.25) is 4.79 Å². The Hall–Kier alpha value is -2.24. The highest BCUT2D eigenvalue weighted by atomic mass is 19.2. The number of hydrogen-bond acceptors (Lipinski definition) is 2. The topological polar surface area (TPSA) is 38.1 Å². The minimum Gasteiger partial charge on any atom is -0.324 e. The standard InChI is InChI=1S/C14H13F2N3O/c15-12-2-1-10(7-13(12)16)11-3-5-19(14(11)20)9-18-6-4-17-8-18/h1-2,4,6-8,11H,3,5,9H2. The first-order chi connectivity index (χ1) is 9.65. The number of carbonyl (C=O) groups excluding carboxylic acids is 1. The molecule has 1 aliphatic rings. The van der Waals surface area contributed by atoms with E-state index in [-0.39, 0.29) is 5.91 Å². The number of rotatable bonds is 3. The zero-order valence-corrected chi connectivity index (χ0v) is 10.7. The van der Waals surface area contributed by atoms with Crippen LogP contribution in [0, 0.1) is 11.6 Å². The van der Waals surface area contributed by atoms with Crippen molar-refractivity contribution < 1.29 is 13.6 Å². The Bertz CT molecular complexity index is 627. The molecule has 4 nitrogen and oxygen atoms in total. The molecule has 1 unspecified atom stereocenters. The van der Waals surface area contributed by atoms with E-state index in [1.54, 1.807) is 28.2 Å². The first kappa shape index (κ1) is 12.8. The summed E-state index contributed by atoms with van der Waals surface area (Å²) in [4.78, 5) is 17.9. The van der Waals surface area contributed by atoms with Crippen molar-refractivity contribution in [1.29, 1.82) is 0 Å². The largest absolute Gasteiger partial charge is 0.324 e. The molecule has 1 aromatic carbocycles. The lowest BCUT2D eigenvalue weighted by atomic mass is 9.98. The summed E-state index contributed by atoms with van der Waals surface area (Å²) in [6.07, 6.45) is 5.67. The molecule has 2 aromatic rings. The van der Waals surface area contributed by atoms with E-state index in [0.717, 1.165) is 12.1 Å². The highest BCUT2D eigenvalue weighted by molar-refractivity contribution is 5.85. The lowest BCUT2D eigenvalue weighted by Gasteiger charge is -2.17. The predicted octanol–water partition coefficient (Wildman–Crippen LogP) is 2.13. The summed E-state index contributed by atoms with van der Waals surface area (Å²) in [6.45, 7) is 1.03. The van der Waals surface area contributed by atoms with Crippen LogP contribution in [0.4, 0.5) is 8.78 Å². The molecule has 1 saturated heterocycles. The SMILES string of the molecule is O=C1C(c2ccc(F)c(F)c2)CCN1Cn1ccnc1. The second-order valence-electron chi connectivity index (χ2n) is 4.83. The van der Waals surface area contributed by atoms with Crippen molar-refractivity contribution in [3.05, 3.63) is 54.1 Å². The maximum Gasteiger partial charge on any atom is 0.231 e. The molecule has 1 amide bonds. The van der Waals surface area contributed by atoms with Crippen LogP contribution in [0.25, 0.3) is 0 Å². The maximum atomic E-state index is 13.2. The van der Waals surface area contributed by atoms with Crippen LogP contribution in [0.5, 0.6) is 0 Å². The van der Waals surface area contributed by atoms with Crippen LogP contribution in [0.15, 0.2) is 36.9 Å². The van der Waals surface area contributed by atoms with Crippen molar-refractivity contribution in [2.24, 2.45) is 0 Å². The number of amides is 1. The third kappa shape index (κ3) is 2.29. The van der Waals surface area contributed by atoms with Gasteiger partial charge in [-0.15, -0.1) is 0 Å². The molecule has 2 heterocycles. The number of likely N-dealkylation sites (tertiary alicyclic amines) is 1. The van der Waals surface area contributed by atoms with Crippen LogP contribution in [0.1, 0.15) is 17.9 Å². The predicted molar refractivity (Wildman–Crippen MR) is 67.7 cm³/mol. The van der Waals surface area contributed by atoms with Gasteiger partial charge >= 0.3 is 0 Å². The highest BCUT2D eigenvalue weighted by Crippen LogP contribution is 2.29. The summed E-state index contributed by atoms with van der Waals surface area (Å²) in [5.74, 6) is -2.27. The third-order valence-corrected chi connectivity index (χ3v) is 3.54. The first-order valence-electron chi connectivity index (χ1n) is 6.34. The van der Waals surface area contributed by atoms with Gasteiger partial charge in [0.25, 0.3) is 0 Å². The van der Waals surface area contributed by atoms with Crippen molar-refractivity contribution in [3.63, 3.8) is 0 Å². The fourth-order valence-electron chi connectivity index (χ4n) is 2.49.